The maximum absolute atomic E-state index is 12.5. The Morgan fingerprint density at radius 1 is 1.21 bits per heavy atom. The van der Waals surface area contributed by atoms with Crippen LogP contribution in [0.4, 0.5) is 0 Å². The summed E-state index contributed by atoms with van der Waals surface area (Å²) in [6.07, 6.45) is 5.24. The number of likely N-dealkylation sites (tertiary alicyclic amines) is 1. The second-order valence-corrected chi connectivity index (χ2v) is 7.21. The monoisotopic (exact) mass is 385 g/mol. The van der Waals surface area contributed by atoms with Gasteiger partial charge in [-0.25, -0.2) is 4.79 Å². The SMILES string of the molecule is COc1ccc(CCCC(=O)N2CCC(n3ncc(C(=O)O)c3C)CC2)cc1. The van der Waals surface area contributed by atoms with Gasteiger partial charge in [-0.2, -0.15) is 5.10 Å². The molecular weight excluding hydrogens is 358 g/mol. The number of amides is 1. The van der Waals surface area contributed by atoms with E-state index in [1.807, 2.05) is 29.2 Å². The first-order valence-electron chi connectivity index (χ1n) is 9.67. The highest BCUT2D eigenvalue weighted by Gasteiger charge is 2.26. The van der Waals surface area contributed by atoms with Crippen LogP contribution >= 0.6 is 0 Å². The number of carbonyl (C=O) groups is 2. The number of benzene rings is 1. The van der Waals surface area contributed by atoms with Crippen molar-refractivity contribution >= 4 is 11.9 Å². The summed E-state index contributed by atoms with van der Waals surface area (Å²) < 4.78 is 6.96. The van der Waals surface area contributed by atoms with Crippen LogP contribution in [0.5, 0.6) is 5.75 Å². The first kappa shape index (κ1) is 19.9. The minimum Gasteiger partial charge on any atom is -0.497 e. The van der Waals surface area contributed by atoms with Crippen LogP contribution < -0.4 is 4.74 Å². The molecule has 0 unspecified atom stereocenters. The topological polar surface area (TPSA) is 84.7 Å². The molecule has 0 aliphatic carbocycles. The van der Waals surface area contributed by atoms with Gasteiger partial charge in [0, 0.05) is 19.5 Å². The van der Waals surface area contributed by atoms with E-state index < -0.39 is 5.97 Å². The van der Waals surface area contributed by atoms with Crippen molar-refractivity contribution in [2.75, 3.05) is 20.2 Å². The molecule has 0 atom stereocenters. The fourth-order valence-electron chi connectivity index (χ4n) is 3.76. The van der Waals surface area contributed by atoms with Gasteiger partial charge >= 0.3 is 5.97 Å². The normalized spacial score (nSPS) is 14.9. The molecule has 0 radical (unpaired) electrons. The number of nitrogens with zero attached hydrogens (tertiary/aromatic N) is 3. The summed E-state index contributed by atoms with van der Waals surface area (Å²) in [5, 5.41) is 13.4. The minimum atomic E-state index is -0.951. The van der Waals surface area contributed by atoms with Crippen LogP contribution in [0.1, 0.15) is 53.3 Å². The third kappa shape index (κ3) is 4.52. The third-order valence-corrected chi connectivity index (χ3v) is 5.45. The number of carbonyl (C=O) groups excluding carboxylic acids is 1. The number of hydrogen-bond donors (Lipinski definition) is 1. The van der Waals surface area contributed by atoms with E-state index in [1.54, 1.807) is 18.7 Å². The highest BCUT2D eigenvalue weighted by atomic mass is 16.5. The Morgan fingerprint density at radius 3 is 2.46 bits per heavy atom. The van der Waals surface area contributed by atoms with E-state index in [-0.39, 0.29) is 17.5 Å². The van der Waals surface area contributed by atoms with Crippen LogP contribution in [-0.4, -0.2) is 51.9 Å². The van der Waals surface area contributed by atoms with Crippen molar-refractivity contribution in [3.8, 4) is 5.75 Å². The Bertz CT molecular complexity index is 821. The quantitative estimate of drug-likeness (QED) is 0.792. The average molecular weight is 385 g/mol. The molecule has 1 N–H and O–H groups in total. The Labute approximate surface area is 164 Å². The molecule has 1 fully saturated rings. The standard InChI is InChI=1S/C21H27N3O4/c1-15-19(21(26)27)14-22-24(15)17-10-12-23(13-11-17)20(25)5-3-4-16-6-8-18(28-2)9-7-16/h6-9,14,17H,3-5,10-13H2,1-2H3,(H,26,27). The molecule has 28 heavy (non-hydrogen) atoms. The summed E-state index contributed by atoms with van der Waals surface area (Å²) in [6.45, 7) is 3.16. The van der Waals surface area contributed by atoms with Gasteiger partial charge in [0.1, 0.15) is 11.3 Å². The molecule has 2 heterocycles. The number of carboxylic acids is 1. The van der Waals surface area contributed by atoms with Crippen molar-refractivity contribution in [1.82, 2.24) is 14.7 Å². The average Bonchev–Trinajstić information content (AvgIpc) is 3.10. The maximum Gasteiger partial charge on any atom is 0.339 e. The number of piperidine rings is 1. The highest BCUT2D eigenvalue weighted by Crippen LogP contribution is 2.25. The summed E-state index contributed by atoms with van der Waals surface area (Å²) in [7, 11) is 1.65. The molecular formula is C21H27N3O4. The lowest BCUT2D eigenvalue weighted by Gasteiger charge is -2.32. The van der Waals surface area contributed by atoms with Crippen molar-refractivity contribution in [2.45, 2.75) is 45.1 Å². The maximum atomic E-state index is 12.5. The molecule has 2 aromatic rings. The van der Waals surface area contributed by atoms with Gasteiger partial charge in [-0.1, -0.05) is 12.1 Å². The molecule has 1 aromatic heterocycles. The zero-order chi connectivity index (χ0) is 20.1. The zero-order valence-electron chi connectivity index (χ0n) is 16.4. The minimum absolute atomic E-state index is 0.149. The van der Waals surface area contributed by atoms with Crippen molar-refractivity contribution in [3.63, 3.8) is 0 Å². The molecule has 7 heteroatoms. The van der Waals surface area contributed by atoms with Gasteiger partial charge in [-0.3, -0.25) is 9.48 Å². The lowest BCUT2D eigenvalue weighted by Crippen LogP contribution is -2.39. The fourth-order valence-corrected chi connectivity index (χ4v) is 3.76. The molecule has 1 aromatic carbocycles. The highest BCUT2D eigenvalue weighted by molar-refractivity contribution is 5.88. The van der Waals surface area contributed by atoms with Crippen molar-refractivity contribution < 1.29 is 19.4 Å². The predicted octanol–water partition coefficient (Wildman–Crippen LogP) is 3.08. The Morgan fingerprint density at radius 2 is 1.89 bits per heavy atom. The number of rotatable bonds is 7. The van der Waals surface area contributed by atoms with E-state index >= 15 is 0 Å². The largest absolute Gasteiger partial charge is 0.497 e. The van der Waals surface area contributed by atoms with Gasteiger partial charge in [-0.05, 0) is 50.3 Å². The van der Waals surface area contributed by atoms with E-state index in [4.69, 9.17) is 4.74 Å². The van der Waals surface area contributed by atoms with Crippen molar-refractivity contribution in [1.29, 1.82) is 0 Å². The van der Waals surface area contributed by atoms with Crippen molar-refractivity contribution in [3.05, 3.63) is 47.3 Å². The van der Waals surface area contributed by atoms with Gasteiger partial charge in [0.05, 0.1) is 25.0 Å². The molecule has 3 rings (SSSR count). The molecule has 7 nitrogen and oxygen atoms in total. The van der Waals surface area contributed by atoms with Gasteiger partial charge < -0.3 is 14.7 Å². The zero-order valence-corrected chi connectivity index (χ0v) is 16.4. The van der Waals surface area contributed by atoms with E-state index in [9.17, 15) is 14.7 Å². The number of methoxy groups -OCH3 is 1. The summed E-state index contributed by atoms with van der Waals surface area (Å²) in [6, 6.07) is 8.10. The second-order valence-electron chi connectivity index (χ2n) is 7.21. The number of hydrogen-bond acceptors (Lipinski definition) is 4. The summed E-state index contributed by atoms with van der Waals surface area (Å²) >= 11 is 0. The van der Waals surface area contributed by atoms with Crippen LogP contribution in [-0.2, 0) is 11.2 Å². The molecule has 1 saturated heterocycles. The van der Waals surface area contributed by atoms with Crippen LogP contribution in [0.15, 0.2) is 30.5 Å². The molecule has 1 aliphatic rings. The van der Waals surface area contributed by atoms with Gasteiger partial charge in [0.25, 0.3) is 0 Å². The molecule has 0 bridgehead atoms. The Hall–Kier alpha value is -2.83. The first-order valence-corrected chi connectivity index (χ1v) is 9.67. The number of carboxylic acid groups (broad SMARTS) is 1. The van der Waals surface area contributed by atoms with Crippen LogP contribution in [0, 0.1) is 6.92 Å². The fraction of sp³-hybridized carbons (Fsp3) is 0.476. The third-order valence-electron chi connectivity index (χ3n) is 5.45. The Balaban J connectivity index is 1.45. The van der Waals surface area contributed by atoms with E-state index in [1.165, 1.54) is 11.8 Å². The van der Waals surface area contributed by atoms with E-state index in [0.29, 0.717) is 25.2 Å². The van der Waals surface area contributed by atoms with Crippen LogP contribution in [0.3, 0.4) is 0 Å². The number of aryl methyl sites for hydroxylation is 1. The smallest absolute Gasteiger partial charge is 0.339 e. The molecule has 0 saturated carbocycles. The van der Waals surface area contributed by atoms with E-state index in [2.05, 4.69) is 5.10 Å². The predicted molar refractivity (Wildman–Crippen MR) is 105 cm³/mol. The molecule has 0 spiro atoms. The lowest BCUT2D eigenvalue weighted by molar-refractivity contribution is -0.132. The molecule has 1 amide bonds. The number of ether oxygens (including phenoxy) is 1. The van der Waals surface area contributed by atoms with Gasteiger partial charge in [0.15, 0.2) is 0 Å². The summed E-state index contributed by atoms with van der Waals surface area (Å²) in [5.41, 5.74) is 2.13. The van der Waals surface area contributed by atoms with Crippen LogP contribution in [0.2, 0.25) is 0 Å². The molecule has 150 valence electrons. The van der Waals surface area contributed by atoms with Gasteiger partial charge in [-0.15, -0.1) is 0 Å². The van der Waals surface area contributed by atoms with Crippen molar-refractivity contribution in [2.24, 2.45) is 0 Å². The second kappa shape index (κ2) is 8.91. The summed E-state index contributed by atoms with van der Waals surface area (Å²) in [5.74, 6) is 0.0780. The van der Waals surface area contributed by atoms with E-state index in [0.717, 1.165) is 31.4 Å². The van der Waals surface area contributed by atoms with Crippen LogP contribution in [0.25, 0.3) is 0 Å². The number of aromatic carboxylic acids is 1. The Kier molecular flexibility index (Phi) is 6.34. The summed E-state index contributed by atoms with van der Waals surface area (Å²) in [4.78, 5) is 25.6. The van der Waals surface area contributed by atoms with Gasteiger partial charge in [0.2, 0.25) is 5.91 Å². The molecule has 1 aliphatic heterocycles. The first-order chi connectivity index (χ1) is 13.5. The lowest BCUT2D eigenvalue weighted by atomic mass is 10.0. The number of aromatic nitrogens is 2.